The fourth-order valence-electron chi connectivity index (χ4n) is 4.12. The number of aryl methyl sites for hydroxylation is 3. The van der Waals surface area contributed by atoms with Gasteiger partial charge in [-0.25, -0.2) is 4.39 Å². The number of aromatic nitrogens is 4. The number of nitrogens with one attached hydrogen (secondary N) is 1. The summed E-state index contributed by atoms with van der Waals surface area (Å²) in [7, 11) is 5.76. The molecule has 1 N–H and O–H groups in total. The average molecular weight is 422 g/mol. The number of ether oxygens (including phenoxy) is 1. The lowest BCUT2D eigenvalue weighted by Crippen LogP contribution is -2.06. The fraction of sp³-hybridized carbons (Fsp3) is 0.333. The van der Waals surface area contributed by atoms with E-state index in [2.05, 4.69) is 21.6 Å². The minimum atomic E-state index is -0.362. The highest BCUT2D eigenvalue weighted by atomic mass is 19.1. The van der Waals surface area contributed by atoms with E-state index in [1.165, 1.54) is 6.07 Å². The number of hydrogen-bond donors (Lipinski definition) is 1. The number of hydrogen-bond acceptors (Lipinski definition) is 4. The van der Waals surface area contributed by atoms with Crippen molar-refractivity contribution >= 4 is 10.9 Å². The van der Waals surface area contributed by atoms with Crippen LogP contribution in [0.3, 0.4) is 0 Å². The van der Waals surface area contributed by atoms with Gasteiger partial charge in [0.25, 0.3) is 0 Å². The Morgan fingerprint density at radius 2 is 1.87 bits per heavy atom. The summed E-state index contributed by atoms with van der Waals surface area (Å²) in [5, 5.41) is 13.2. The van der Waals surface area contributed by atoms with Gasteiger partial charge in [0.2, 0.25) is 0 Å². The highest BCUT2D eigenvalue weighted by Gasteiger charge is 2.16. The molecule has 4 aromatic rings. The second-order valence-electron chi connectivity index (χ2n) is 7.82. The molecule has 0 fully saturated rings. The number of para-hydroxylation sites is 1. The Morgan fingerprint density at radius 1 is 1.06 bits per heavy atom. The number of rotatable bonds is 7. The summed E-state index contributed by atoms with van der Waals surface area (Å²) in [6.45, 7) is 5.07. The topological polar surface area (TPSA) is 56.9 Å². The molecule has 162 valence electrons. The van der Waals surface area contributed by atoms with Crippen LogP contribution < -0.4 is 10.1 Å². The maximum absolute atomic E-state index is 14.8. The Morgan fingerprint density at radius 3 is 2.58 bits per heavy atom. The van der Waals surface area contributed by atoms with Crippen molar-refractivity contribution in [3.05, 3.63) is 64.9 Å². The van der Waals surface area contributed by atoms with Crippen molar-refractivity contribution in [1.82, 2.24) is 24.9 Å². The molecule has 0 radical (unpaired) electrons. The first kappa shape index (κ1) is 21.1. The zero-order valence-corrected chi connectivity index (χ0v) is 18.7. The molecule has 0 atom stereocenters. The zero-order valence-electron chi connectivity index (χ0n) is 18.7. The van der Waals surface area contributed by atoms with Crippen LogP contribution >= 0.6 is 0 Å². The fourth-order valence-corrected chi connectivity index (χ4v) is 4.12. The van der Waals surface area contributed by atoms with Crippen molar-refractivity contribution in [2.24, 2.45) is 14.1 Å². The van der Waals surface area contributed by atoms with Gasteiger partial charge in [-0.15, -0.1) is 0 Å². The third-order valence-corrected chi connectivity index (χ3v) is 5.81. The Hall–Kier alpha value is -3.19. The lowest BCUT2D eigenvalue weighted by atomic mass is 10.0. The van der Waals surface area contributed by atoms with Crippen molar-refractivity contribution < 1.29 is 9.13 Å². The molecule has 4 rings (SSSR count). The van der Waals surface area contributed by atoms with Gasteiger partial charge in [0, 0.05) is 43.7 Å². The van der Waals surface area contributed by atoms with Crippen LogP contribution in [-0.4, -0.2) is 33.2 Å². The normalized spacial score (nSPS) is 11.4. The molecule has 2 aromatic carbocycles. The second kappa shape index (κ2) is 8.51. The summed E-state index contributed by atoms with van der Waals surface area (Å²) in [4.78, 5) is 0. The van der Waals surface area contributed by atoms with Gasteiger partial charge in [-0.05, 0) is 50.2 Å². The van der Waals surface area contributed by atoms with E-state index in [9.17, 15) is 4.39 Å². The molecular weight excluding hydrogens is 393 g/mol. The Labute approximate surface area is 181 Å². The van der Waals surface area contributed by atoms with Crippen molar-refractivity contribution in [2.45, 2.75) is 26.8 Å². The maximum atomic E-state index is 14.8. The molecule has 2 aromatic heterocycles. The molecule has 0 saturated heterocycles. The van der Waals surface area contributed by atoms with Gasteiger partial charge in [0.1, 0.15) is 0 Å². The lowest BCUT2D eigenvalue weighted by molar-refractivity contribution is 0.306. The van der Waals surface area contributed by atoms with Crippen LogP contribution in [0, 0.1) is 19.7 Å². The van der Waals surface area contributed by atoms with E-state index < -0.39 is 0 Å². The van der Waals surface area contributed by atoms with E-state index in [-0.39, 0.29) is 11.6 Å². The summed E-state index contributed by atoms with van der Waals surface area (Å²) in [5.74, 6) is -0.0843. The lowest BCUT2D eigenvalue weighted by Gasteiger charge is -2.13. The number of benzene rings is 2. The van der Waals surface area contributed by atoms with Crippen molar-refractivity contribution in [3.8, 4) is 16.9 Å². The van der Waals surface area contributed by atoms with Gasteiger partial charge in [-0.3, -0.25) is 9.36 Å². The van der Waals surface area contributed by atoms with Crippen LogP contribution in [0.5, 0.6) is 5.75 Å². The number of halogens is 1. The van der Waals surface area contributed by atoms with E-state index in [0.29, 0.717) is 19.6 Å². The van der Waals surface area contributed by atoms with Gasteiger partial charge in [-0.2, -0.15) is 10.2 Å². The molecule has 0 bridgehead atoms. The maximum Gasteiger partial charge on any atom is 0.165 e. The SMILES string of the molecule is CNCc1nn(C)c2ccc(-c3cccc(F)c3OCCc3c(C)nn(C)c3C)cc12. The van der Waals surface area contributed by atoms with Gasteiger partial charge >= 0.3 is 0 Å². The first-order chi connectivity index (χ1) is 14.9. The molecule has 0 aliphatic carbocycles. The highest BCUT2D eigenvalue weighted by Crippen LogP contribution is 2.35. The largest absolute Gasteiger partial charge is 0.490 e. The van der Waals surface area contributed by atoms with Crippen LogP contribution in [0.15, 0.2) is 36.4 Å². The van der Waals surface area contributed by atoms with Crippen LogP contribution in [-0.2, 0) is 27.1 Å². The molecule has 0 unspecified atom stereocenters. The molecule has 0 saturated carbocycles. The minimum Gasteiger partial charge on any atom is -0.490 e. The molecule has 0 aliphatic heterocycles. The molecule has 7 heteroatoms. The molecule has 0 amide bonds. The van der Waals surface area contributed by atoms with Gasteiger partial charge in [0.15, 0.2) is 11.6 Å². The van der Waals surface area contributed by atoms with E-state index in [1.807, 2.05) is 62.6 Å². The summed E-state index contributed by atoms with van der Waals surface area (Å²) >= 11 is 0. The molecular formula is C24H28FN5O. The molecule has 2 heterocycles. The Kier molecular flexibility index (Phi) is 5.78. The monoisotopic (exact) mass is 421 g/mol. The zero-order chi connectivity index (χ0) is 22.1. The van der Waals surface area contributed by atoms with Crippen molar-refractivity contribution in [3.63, 3.8) is 0 Å². The first-order valence-corrected chi connectivity index (χ1v) is 10.4. The van der Waals surface area contributed by atoms with E-state index in [4.69, 9.17) is 4.74 Å². The molecule has 0 aliphatic rings. The van der Waals surface area contributed by atoms with E-state index in [0.717, 1.165) is 44.7 Å². The van der Waals surface area contributed by atoms with Crippen molar-refractivity contribution in [2.75, 3.05) is 13.7 Å². The summed E-state index contributed by atoms with van der Waals surface area (Å²) in [6.07, 6.45) is 0.674. The molecule has 6 nitrogen and oxygen atoms in total. The summed E-state index contributed by atoms with van der Waals surface area (Å²) in [6, 6.07) is 11.1. The Bertz CT molecular complexity index is 1240. The van der Waals surface area contributed by atoms with Gasteiger partial charge in [0.05, 0.1) is 23.5 Å². The molecule has 0 spiro atoms. The highest BCUT2D eigenvalue weighted by molar-refractivity contribution is 5.88. The summed E-state index contributed by atoms with van der Waals surface area (Å²) in [5.41, 5.74) is 6.87. The van der Waals surface area contributed by atoms with Crippen molar-refractivity contribution in [1.29, 1.82) is 0 Å². The van der Waals surface area contributed by atoms with Crippen LogP contribution in [0.2, 0.25) is 0 Å². The predicted molar refractivity (Wildman–Crippen MR) is 121 cm³/mol. The van der Waals surface area contributed by atoms with Gasteiger partial charge in [-0.1, -0.05) is 18.2 Å². The third-order valence-electron chi connectivity index (χ3n) is 5.81. The Balaban J connectivity index is 1.65. The molecule has 31 heavy (non-hydrogen) atoms. The number of fused-ring (bicyclic) bond motifs is 1. The minimum absolute atomic E-state index is 0.278. The quantitative estimate of drug-likeness (QED) is 0.489. The summed E-state index contributed by atoms with van der Waals surface area (Å²) < 4.78 is 24.5. The van der Waals surface area contributed by atoms with E-state index in [1.54, 1.807) is 6.07 Å². The number of nitrogens with zero attached hydrogens (tertiary/aromatic N) is 4. The first-order valence-electron chi connectivity index (χ1n) is 10.4. The third kappa shape index (κ3) is 3.93. The smallest absolute Gasteiger partial charge is 0.165 e. The average Bonchev–Trinajstić information content (AvgIpc) is 3.18. The van der Waals surface area contributed by atoms with Crippen LogP contribution in [0.25, 0.3) is 22.0 Å². The predicted octanol–water partition coefficient (Wildman–Crippen LogP) is 4.07. The van der Waals surface area contributed by atoms with Crippen LogP contribution in [0.1, 0.15) is 22.6 Å². The van der Waals surface area contributed by atoms with Crippen LogP contribution in [0.4, 0.5) is 4.39 Å². The van der Waals surface area contributed by atoms with E-state index >= 15 is 0 Å². The van der Waals surface area contributed by atoms with Gasteiger partial charge < -0.3 is 10.1 Å². The second-order valence-corrected chi connectivity index (χ2v) is 7.82. The standard InChI is InChI=1S/C24H28FN5O/c1-15-18(16(2)29(4)27-15)11-12-31-24-19(7-6-8-21(24)25)17-9-10-23-20(13-17)22(14-26-3)28-30(23)5/h6-10,13,26H,11-12,14H2,1-5H3.